The minimum absolute atomic E-state index is 0.168. The molecule has 0 aliphatic rings. The van der Waals surface area contributed by atoms with Gasteiger partial charge in [-0.2, -0.15) is 5.10 Å². The van der Waals surface area contributed by atoms with Crippen molar-refractivity contribution in [3.63, 3.8) is 0 Å². The van der Waals surface area contributed by atoms with E-state index in [0.717, 1.165) is 0 Å². The Morgan fingerprint density at radius 2 is 1.73 bits per heavy atom. The van der Waals surface area contributed by atoms with Crippen LogP contribution in [0.2, 0.25) is 0 Å². The van der Waals surface area contributed by atoms with Gasteiger partial charge in [-0.15, -0.1) is 0 Å². The van der Waals surface area contributed by atoms with E-state index in [0.29, 0.717) is 5.69 Å². The Kier molecular flexibility index (Phi) is 7.08. The topological polar surface area (TPSA) is 68.2 Å². The first-order chi connectivity index (χ1) is 10.5. The predicted octanol–water partition coefficient (Wildman–Crippen LogP) is 2.38. The number of carbonyl (C=O) groups is 2. The van der Waals surface area contributed by atoms with E-state index in [4.69, 9.17) is 9.47 Å². The van der Waals surface area contributed by atoms with E-state index in [2.05, 4.69) is 5.10 Å². The van der Waals surface area contributed by atoms with Crippen LogP contribution in [-0.4, -0.2) is 36.9 Å². The van der Waals surface area contributed by atoms with Gasteiger partial charge in [0, 0.05) is 0 Å². The molecular weight excluding hydrogens is 284 g/mol. The summed E-state index contributed by atoms with van der Waals surface area (Å²) in [6.07, 6.45) is 0. The largest absolute Gasteiger partial charge is 0.464 e. The van der Waals surface area contributed by atoms with Crippen LogP contribution in [0, 0.1) is 0 Å². The molecule has 6 heteroatoms. The van der Waals surface area contributed by atoms with Gasteiger partial charge < -0.3 is 9.47 Å². The summed E-state index contributed by atoms with van der Waals surface area (Å²) in [6, 6.07) is 8.46. The van der Waals surface area contributed by atoms with Crippen molar-refractivity contribution in [1.29, 1.82) is 0 Å². The van der Waals surface area contributed by atoms with Crippen LogP contribution in [-0.2, 0) is 19.1 Å². The van der Waals surface area contributed by atoms with Crippen molar-refractivity contribution in [2.75, 3.05) is 18.2 Å². The Bertz CT molecular complexity index is 528. The Labute approximate surface area is 130 Å². The van der Waals surface area contributed by atoms with Crippen molar-refractivity contribution < 1.29 is 19.1 Å². The number of carbonyl (C=O) groups excluding carboxylic acids is 2. The first-order valence-corrected chi connectivity index (χ1v) is 7.24. The van der Waals surface area contributed by atoms with Gasteiger partial charge in [-0.25, -0.2) is 9.59 Å². The second-order valence-corrected chi connectivity index (χ2v) is 4.51. The molecule has 0 aliphatic carbocycles. The maximum absolute atomic E-state index is 12.0. The van der Waals surface area contributed by atoms with Gasteiger partial charge in [-0.1, -0.05) is 18.2 Å². The first kappa shape index (κ1) is 17.7. The summed E-state index contributed by atoms with van der Waals surface area (Å²) in [6.45, 7) is 7.24. The lowest BCUT2D eigenvalue weighted by atomic mass is 10.2. The standard InChI is InChI=1S/C16H22N2O4/c1-5-21-15(19)12(3)17-18(13(4)16(20)22-6-2)14-10-8-7-9-11-14/h7-11,13H,5-6H2,1-4H3/b17-12+. The molecule has 0 fully saturated rings. The van der Waals surface area contributed by atoms with E-state index in [-0.39, 0.29) is 18.9 Å². The summed E-state index contributed by atoms with van der Waals surface area (Å²) < 4.78 is 9.95. The van der Waals surface area contributed by atoms with Crippen molar-refractivity contribution in [1.82, 2.24) is 0 Å². The lowest BCUT2D eigenvalue weighted by molar-refractivity contribution is -0.144. The third kappa shape index (κ3) is 4.87. The first-order valence-electron chi connectivity index (χ1n) is 7.24. The van der Waals surface area contributed by atoms with Gasteiger partial charge in [0.15, 0.2) is 0 Å². The number of para-hydroxylation sites is 1. The van der Waals surface area contributed by atoms with Crippen LogP contribution in [0.3, 0.4) is 0 Å². The summed E-state index contributed by atoms with van der Waals surface area (Å²) >= 11 is 0. The van der Waals surface area contributed by atoms with Gasteiger partial charge in [0.25, 0.3) is 0 Å². The number of ether oxygens (including phenoxy) is 2. The molecule has 1 unspecified atom stereocenters. The number of rotatable bonds is 7. The summed E-state index contributed by atoms with van der Waals surface area (Å²) in [5.41, 5.74) is 0.855. The molecule has 0 heterocycles. The molecule has 0 aromatic heterocycles. The molecular formula is C16H22N2O4. The van der Waals surface area contributed by atoms with Crippen LogP contribution in [0.4, 0.5) is 5.69 Å². The molecule has 0 radical (unpaired) electrons. The van der Waals surface area contributed by atoms with Gasteiger partial charge in [-0.3, -0.25) is 5.01 Å². The molecule has 6 nitrogen and oxygen atoms in total. The fourth-order valence-electron chi connectivity index (χ4n) is 1.75. The van der Waals surface area contributed by atoms with Crippen LogP contribution in [0.5, 0.6) is 0 Å². The summed E-state index contributed by atoms with van der Waals surface area (Å²) in [5, 5.41) is 5.71. The average Bonchev–Trinajstić information content (AvgIpc) is 2.53. The van der Waals surface area contributed by atoms with E-state index in [1.165, 1.54) is 5.01 Å². The monoisotopic (exact) mass is 306 g/mol. The van der Waals surface area contributed by atoms with Gasteiger partial charge in [0.05, 0.1) is 18.9 Å². The minimum atomic E-state index is -0.660. The van der Waals surface area contributed by atoms with Gasteiger partial charge in [0.2, 0.25) is 0 Å². The van der Waals surface area contributed by atoms with Crippen molar-refractivity contribution in [2.45, 2.75) is 33.7 Å². The van der Waals surface area contributed by atoms with Crippen LogP contribution >= 0.6 is 0 Å². The molecule has 0 N–H and O–H groups in total. The highest BCUT2D eigenvalue weighted by Gasteiger charge is 2.24. The lowest BCUT2D eigenvalue weighted by Gasteiger charge is -2.25. The quantitative estimate of drug-likeness (QED) is 0.439. The van der Waals surface area contributed by atoms with Crippen molar-refractivity contribution in [3.05, 3.63) is 30.3 Å². The van der Waals surface area contributed by atoms with E-state index < -0.39 is 18.0 Å². The number of benzene rings is 1. The van der Waals surface area contributed by atoms with E-state index >= 15 is 0 Å². The number of esters is 2. The maximum atomic E-state index is 12.0. The zero-order chi connectivity index (χ0) is 16.5. The fourth-order valence-corrected chi connectivity index (χ4v) is 1.75. The predicted molar refractivity (Wildman–Crippen MR) is 84.8 cm³/mol. The molecule has 0 aliphatic heterocycles. The van der Waals surface area contributed by atoms with E-state index in [1.807, 2.05) is 18.2 Å². The second kappa shape index (κ2) is 8.81. The summed E-state index contributed by atoms with van der Waals surface area (Å²) in [7, 11) is 0. The SMILES string of the molecule is CCOC(=O)/C(C)=N/N(c1ccccc1)C(C)C(=O)OCC. The summed E-state index contributed by atoms with van der Waals surface area (Å²) in [5.74, 6) is -0.925. The minimum Gasteiger partial charge on any atom is -0.464 e. The Hall–Kier alpha value is -2.37. The third-order valence-electron chi connectivity index (χ3n) is 2.84. The zero-order valence-electron chi connectivity index (χ0n) is 13.4. The average molecular weight is 306 g/mol. The Morgan fingerprint density at radius 1 is 1.14 bits per heavy atom. The Morgan fingerprint density at radius 3 is 2.27 bits per heavy atom. The van der Waals surface area contributed by atoms with Crippen molar-refractivity contribution in [2.24, 2.45) is 5.10 Å². The molecule has 1 aromatic carbocycles. The number of hydrogen-bond donors (Lipinski definition) is 0. The molecule has 1 aromatic rings. The fraction of sp³-hybridized carbons (Fsp3) is 0.438. The van der Waals surface area contributed by atoms with Gasteiger partial charge in [0.1, 0.15) is 11.8 Å². The van der Waals surface area contributed by atoms with Gasteiger partial charge >= 0.3 is 11.9 Å². The van der Waals surface area contributed by atoms with Gasteiger partial charge in [-0.05, 0) is 39.8 Å². The number of anilines is 1. The molecule has 1 atom stereocenters. The molecule has 0 spiro atoms. The highest BCUT2D eigenvalue weighted by atomic mass is 16.5. The van der Waals surface area contributed by atoms with Crippen molar-refractivity contribution >= 4 is 23.3 Å². The number of nitrogens with zero attached hydrogens (tertiary/aromatic N) is 2. The van der Waals surface area contributed by atoms with Crippen LogP contribution in [0.15, 0.2) is 35.4 Å². The summed E-state index contributed by atoms with van der Waals surface area (Å²) in [4.78, 5) is 23.7. The molecule has 0 saturated carbocycles. The third-order valence-corrected chi connectivity index (χ3v) is 2.84. The lowest BCUT2D eigenvalue weighted by Crippen LogP contribution is -2.38. The van der Waals surface area contributed by atoms with Crippen LogP contribution in [0.25, 0.3) is 0 Å². The van der Waals surface area contributed by atoms with Crippen LogP contribution in [0.1, 0.15) is 27.7 Å². The number of hydrogen-bond acceptors (Lipinski definition) is 6. The molecule has 0 saturated heterocycles. The molecule has 22 heavy (non-hydrogen) atoms. The highest BCUT2D eigenvalue weighted by molar-refractivity contribution is 6.35. The van der Waals surface area contributed by atoms with E-state index in [1.54, 1.807) is 39.8 Å². The number of hydrazone groups is 1. The second-order valence-electron chi connectivity index (χ2n) is 4.51. The molecule has 1 rings (SSSR count). The molecule has 0 bridgehead atoms. The smallest absolute Gasteiger partial charge is 0.354 e. The Balaban J connectivity index is 3.09. The highest BCUT2D eigenvalue weighted by Crippen LogP contribution is 2.18. The normalized spacial score (nSPS) is 12.5. The maximum Gasteiger partial charge on any atom is 0.354 e. The van der Waals surface area contributed by atoms with E-state index in [9.17, 15) is 9.59 Å². The molecule has 0 amide bonds. The van der Waals surface area contributed by atoms with Crippen LogP contribution < -0.4 is 5.01 Å². The van der Waals surface area contributed by atoms with Crippen molar-refractivity contribution in [3.8, 4) is 0 Å². The zero-order valence-corrected chi connectivity index (χ0v) is 13.4. The molecule has 120 valence electrons.